The van der Waals surface area contributed by atoms with Crippen LogP contribution in [-0.4, -0.2) is 48.0 Å². The maximum atomic E-state index is 13.6. The normalized spacial score (nSPS) is 14.9. The summed E-state index contributed by atoms with van der Waals surface area (Å²) in [5.41, 5.74) is -3.29. The Morgan fingerprint density at radius 1 is 1.13 bits per heavy atom. The summed E-state index contributed by atoms with van der Waals surface area (Å²) in [6.45, 7) is 1.04. The smallest absolute Gasteiger partial charge is 0.435 e. The summed E-state index contributed by atoms with van der Waals surface area (Å²) in [6.07, 6.45) is -2.09. The lowest BCUT2D eigenvalue weighted by atomic mass is 9.77. The fourth-order valence-corrected chi connectivity index (χ4v) is 4.55. The van der Waals surface area contributed by atoms with E-state index in [-0.39, 0.29) is 22.2 Å². The van der Waals surface area contributed by atoms with Crippen LogP contribution in [-0.2, 0) is 21.6 Å². The van der Waals surface area contributed by atoms with Gasteiger partial charge in [-0.15, -0.1) is 10.2 Å². The van der Waals surface area contributed by atoms with Crippen molar-refractivity contribution in [2.24, 2.45) is 0 Å². The SMILES string of the molecule is COc1nc(C2(O)CCC2)ccc1Oc1nnc(C(F)(F)F)c(C)c1C(=O)Nc1cccc(S(C)(=O)=O)c1. The minimum atomic E-state index is -4.92. The highest BCUT2D eigenvalue weighted by molar-refractivity contribution is 7.90. The quantitative estimate of drug-likeness (QED) is 0.445. The maximum absolute atomic E-state index is 13.6. The number of hydrogen-bond donors (Lipinski definition) is 2. The van der Waals surface area contributed by atoms with Gasteiger partial charge >= 0.3 is 6.18 Å². The van der Waals surface area contributed by atoms with Crippen LogP contribution in [0.25, 0.3) is 0 Å². The number of anilines is 1. The summed E-state index contributed by atoms with van der Waals surface area (Å²) >= 11 is 0. The Labute approximate surface area is 215 Å². The Kier molecular flexibility index (Phi) is 7.05. The van der Waals surface area contributed by atoms with Crippen molar-refractivity contribution in [3.8, 4) is 17.5 Å². The average molecular weight is 553 g/mol. The van der Waals surface area contributed by atoms with Crippen LogP contribution in [0.3, 0.4) is 0 Å². The van der Waals surface area contributed by atoms with Gasteiger partial charge in [0.05, 0.1) is 17.7 Å². The first-order valence-electron chi connectivity index (χ1n) is 11.2. The first kappa shape index (κ1) is 27.3. The third-order valence-corrected chi connectivity index (χ3v) is 7.19. The van der Waals surface area contributed by atoms with Gasteiger partial charge < -0.3 is 19.9 Å². The summed E-state index contributed by atoms with van der Waals surface area (Å²) in [6, 6.07) is 8.10. The van der Waals surface area contributed by atoms with Gasteiger partial charge in [0, 0.05) is 11.9 Å². The van der Waals surface area contributed by atoms with Crippen LogP contribution in [0.1, 0.15) is 46.6 Å². The van der Waals surface area contributed by atoms with Gasteiger partial charge in [0.1, 0.15) is 11.2 Å². The number of aromatic nitrogens is 3. The molecule has 2 aromatic heterocycles. The molecule has 3 aromatic rings. The second kappa shape index (κ2) is 9.83. The molecule has 4 rings (SSSR count). The largest absolute Gasteiger partial charge is 0.478 e. The summed E-state index contributed by atoms with van der Waals surface area (Å²) in [7, 11) is -2.33. The van der Waals surface area contributed by atoms with Gasteiger partial charge in [-0.3, -0.25) is 4.79 Å². The number of sulfone groups is 1. The summed E-state index contributed by atoms with van der Waals surface area (Å²) in [5, 5.41) is 19.7. The van der Waals surface area contributed by atoms with E-state index in [1.807, 2.05) is 0 Å². The first-order valence-corrected chi connectivity index (χ1v) is 13.1. The van der Waals surface area contributed by atoms with Gasteiger partial charge in [-0.1, -0.05) is 6.07 Å². The highest BCUT2D eigenvalue weighted by atomic mass is 32.2. The van der Waals surface area contributed by atoms with Crippen molar-refractivity contribution in [3.05, 3.63) is 58.9 Å². The van der Waals surface area contributed by atoms with Crippen molar-refractivity contribution in [2.75, 3.05) is 18.7 Å². The molecule has 2 heterocycles. The van der Waals surface area contributed by atoms with E-state index in [2.05, 4.69) is 20.5 Å². The molecule has 38 heavy (non-hydrogen) atoms. The van der Waals surface area contributed by atoms with Gasteiger partial charge in [-0.25, -0.2) is 13.4 Å². The van der Waals surface area contributed by atoms with Gasteiger partial charge in [-0.2, -0.15) is 13.2 Å². The number of benzene rings is 1. The molecule has 1 amide bonds. The molecule has 2 N–H and O–H groups in total. The number of nitrogens with one attached hydrogen (secondary N) is 1. The number of carbonyl (C=O) groups is 1. The number of methoxy groups -OCH3 is 1. The lowest BCUT2D eigenvalue weighted by molar-refractivity contribution is -0.142. The van der Waals surface area contributed by atoms with E-state index in [0.29, 0.717) is 18.5 Å². The molecule has 10 nitrogen and oxygen atoms in total. The highest BCUT2D eigenvalue weighted by Gasteiger charge is 2.40. The van der Waals surface area contributed by atoms with Gasteiger partial charge in [0.2, 0.25) is 0 Å². The number of carbonyl (C=O) groups excluding carboxylic acids is 1. The van der Waals surface area contributed by atoms with Crippen LogP contribution in [0.4, 0.5) is 18.9 Å². The second-order valence-corrected chi connectivity index (χ2v) is 10.8. The number of alkyl halides is 3. The second-order valence-electron chi connectivity index (χ2n) is 8.80. The van der Waals surface area contributed by atoms with E-state index in [1.165, 1.54) is 43.5 Å². The fourth-order valence-electron chi connectivity index (χ4n) is 3.89. The van der Waals surface area contributed by atoms with E-state index >= 15 is 0 Å². The molecule has 1 fully saturated rings. The molecular formula is C24H23F3N4O6S. The zero-order chi connectivity index (χ0) is 27.9. The number of nitrogens with zero attached hydrogens (tertiary/aromatic N) is 3. The van der Waals surface area contributed by atoms with E-state index in [4.69, 9.17) is 9.47 Å². The third-order valence-electron chi connectivity index (χ3n) is 6.08. The summed E-state index contributed by atoms with van der Waals surface area (Å²) in [4.78, 5) is 17.4. The van der Waals surface area contributed by atoms with Crippen molar-refractivity contribution in [1.29, 1.82) is 0 Å². The van der Waals surface area contributed by atoms with Crippen molar-refractivity contribution < 1.29 is 41.0 Å². The molecule has 14 heteroatoms. The molecule has 0 radical (unpaired) electrons. The van der Waals surface area contributed by atoms with Crippen molar-refractivity contribution in [2.45, 2.75) is 42.9 Å². The Hall–Kier alpha value is -3.78. The molecule has 0 saturated heterocycles. The number of hydrogen-bond acceptors (Lipinski definition) is 9. The lowest BCUT2D eigenvalue weighted by Crippen LogP contribution is -2.34. The number of ether oxygens (including phenoxy) is 2. The highest BCUT2D eigenvalue weighted by Crippen LogP contribution is 2.43. The predicted octanol–water partition coefficient (Wildman–Crippen LogP) is 4.03. The molecular weight excluding hydrogens is 529 g/mol. The average Bonchev–Trinajstić information content (AvgIpc) is 2.81. The Morgan fingerprint density at radius 3 is 2.42 bits per heavy atom. The topological polar surface area (TPSA) is 141 Å². The van der Waals surface area contributed by atoms with Crippen LogP contribution in [0.2, 0.25) is 0 Å². The number of rotatable bonds is 7. The number of pyridine rings is 1. The predicted molar refractivity (Wildman–Crippen MR) is 128 cm³/mol. The molecule has 0 atom stereocenters. The standard InChI is InChI=1S/C24H23F3N4O6S/c1-13-18(20(32)28-14-6-4-7-15(12-14)38(3,34)35)22(31-30-19(13)24(25,26)27)37-16-8-9-17(29-21(16)36-2)23(33)10-5-11-23/h4,6-9,12,33H,5,10-11H2,1-3H3,(H,28,32). The lowest BCUT2D eigenvalue weighted by Gasteiger charge is -2.36. The van der Waals surface area contributed by atoms with Crippen LogP contribution in [0.5, 0.6) is 17.5 Å². The van der Waals surface area contributed by atoms with Gasteiger partial charge in [0.15, 0.2) is 21.3 Å². The number of halogens is 3. The molecule has 202 valence electrons. The molecule has 1 aliphatic carbocycles. The van der Waals surface area contributed by atoms with E-state index in [1.54, 1.807) is 0 Å². The number of amides is 1. The Bertz CT molecular complexity index is 1510. The first-order chi connectivity index (χ1) is 17.7. The summed E-state index contributed by atoms with van der Waals surface area (Å²) < 4.78 is 75.4. The minimum absolute atomic E-state index is 0.0194. The van der Waals surface area contributed by atoms with Crippen LogP contribution in [0, 0.1) is 6.92 Å². The van der Waals surface area contributed by atoms with E-state index in [0.717, 1.165) is 19.6 Å². The van der Waals surface area contributed by atoms with E-state index < -0.39 is 50.2 Å². The molecule has 0 bridgehead atoms. The van der Waals surface area contributed by atoms with Crippen molar-refractivity contribution in [1.82, 2.24) is 15.2 Å². The molecule has 1 aromatic carbocycles. The fraction of sp³-hybridized carbons (Fsp3) is 0.333. The zero-order valence-electron chi connectivity index (χ0n) is 20.5. The Balaban J connectivity index is 1.75. The van der Waals surface area contributed by atoms with Crippen molar-refractivity contribution in [3.63, 3.8) is 0 Å². The third kappa shape index (κ3) is 5.41. The zero-order valence-corrected chi connectivity index (χ0v) is 21.3. The summed E-state index contributed by atoms with van der Waals surface area (Å²) in [5.74, 6) is -1.78. The number of aliphatic hydroxyl groups is 1. The van der Waals surface area contributed by atoms with Crippen LogP contribution >= 0.6 is 0 Å². The Morgan fingerprint density at radius 2 is 1.84 bits per heavy atom. The molecule has 0 spiro atoms. The molecule has 1 aliphatic rings. The van der Waals surface area contributed by atoms with E-state index in [9.17, 15) is 31.5 Å². The monoisotopic (exact) mass is 552 g/mol. The minimum Gasteiger partial charge on any atom is -0.478 e. The molecule has 0 unspecified atom stereocenters. The van der Waals surface area contributed by atoms with Gasteiger partial charge in [0.25, 0.3) is 17.7 Å². The molecule has 0 aliphatic heterocycles. The van der Waals surface area contributed by atoms with Crippen LogP contribution < -0.4 is 14.8 Å². The van der Waals surface area contributed by atoms with Crippen LogP contribution in [0.15, 0.2) is 41.3 Å². The van der Waals surface area contributed by atoms with Gasteiger partial charge in [-0.05, 0) is 62.1 Å². The maximum Gasteiger partial charge on any atom is 0.435 e. The van der Waals surface area contributed by atoms with Crippen molar-refractivity contribution >= 4 is 21.4 Å². The molecule has 1 saturated carbocycles.